The van der Waals surface area contributed by atoms with Crippen molar-refractivity contribution >= 4 is 11.8 Å². The Morgan fingerprint density at radius 1 is 1.46 bits per heavy atom. The van der Waals surface area contributed by atoms with Crippen molar-refractivity contribution in [2.24, 2.45) is 0 Å². The molecule has 24 heavy (non-hydrogen) atoms. The number of halogens is 3. The molecule has 0 saturated heterocycles. The minimum absolute atomic E-state index is 0.0604. The SMILES string of the molecule is C=CC(=O)N(CC)CC(=O)N1CCc2ncc(C(F)(F)F)cc2C1. The van der Waals surface area contributed by atoms with Crippen molar-refractivity contribution in [3.8, 4) is 0 Å². The van der Waals surface area contributed by atoms with E-state index in [2.05, 4.69) is 11.6 Å². The number of alkyl halides is 3. The van der Waals surface area contributed by atoms with Crippen LogP contribution in [0.15, 0.2) is 24.9 Å². The Balaban J connectivity index is 2.12. The molecule has 0 radical (unpaired) electrons. The number of carbonyl (C=O) groups is 2. The highest BCUT2D eigenvalue weighted by Crippen LogP contribution is 2.31. The highest BCUT2D eigenvalue weighted by atomic mass is 19.4. The van der Waals surface area contributed by atoms with E-state index in [-0.39, 0.29) is 24.9 Å². The third kappa shape index (κ3) is 3.93. The van der Waals surface area contributed by atoms with Gasteiger partial charge in [-0.05, 0) is 24.6 Å². The molecular weight excluding hydrogens is 323 g/mol. The van der Waals surface area contributed by atoms with Crippen LogP contribution in [-0.2, 0) is 28.7 Å². The fourth-order valence-electron chi connectivity index (χ4n) is 2.53. The van der Waals surface area contributed by atoms with Crippen LogP contribution >= 0.6 is 0 Å². The Morgan fingerprint density at radius 2 is 2.17 bits per heavy atom. The van der Waals surface area contributed by atoms with Gasteiger partial charge in [0, 0.05) is 37.9 Å². The lowest BCUT2D eigenvalue weighted by Crippen LogP contribution is -2.44. The van der Waals surface area contributed by atoms with Crippen LogP contribution in [0.1, 0.15) is 23.7 Å². The number of hydrogen-bond donors (Lipinski definition) is 0. The monoisotopic (exact) mass is 341 g/mol. The minimum Gasteiger partial charge on any atom is -0.336 e. The van der Waals surface area contributed by atoms with Crippen LogP contribution in [-0.4, -0.2) is 46.2 Å². The van der Waals surface area contributed by atoms with E-state index in [0.29, 0.717) is 30.8 Å². The van der Waals surface area contributed by atoms with E-state index in [1.165, 1.54) is 9.80 Å². The Bertz CT molecular complexity index is 658. The molecule has 0 atom stereocenters. The summed E-state index contributed by atoms with van der Waals surface area (Å²) in [4.78, 5) is 30.6. The Kier molecular flexibility index (Phi) is 5.26. The van der Waals surface area contributed by atoms with E-state index in [1.54, 1.807) is 6.92 Å². The summed E-state index contributed by atoms with van der Waals surface area (Å²) < 4.78 is 38.4. The van der Waals surface area contributed by atoms with Crippen LogP contribution in [0.25, 0.3) is 0 Å². The Hall–Kier alpha value is -2.38. The predicted octanol–water partition coefficient (Wildman–Crippen LogP) is 2.02. The molecule has 0 aliphatic carbocycles. The van der Waals surface area contributed by atoms with Crippen LogP contribution in [0.3, 0.4) is 0 Å². The molecule has 0 N–H and O–H groups in total. The molecular formula is C16H18F3N3O2. The number of nitrogens with zero attached hydrogens (tertiary/aromatic N) is 3. The van der Waals surface area contributed by atoms with Gasteiger partial charge in [-0.2, -0.15) is 13.2 Å². The van der Waals surface area contributed by atoms with Gasteiger partial charge in [0.05, 0.1) is 5.56 Å². The molecule has 2 amide bonds. The first-order valence-corrected chi connectivity index (χ1v) is 7.50. The van der Waals surface area contributed by atoms with Gasteiger partial charge >= 0.3 is 6.18 Å². The first-order chi connectivity index (χ1) is 11.3. The van der Waals surface area contributed by atoms with Crippen molar-refractivity contribution in [1.82, 2.24) is 14.8 Å². The van der Waals surface area contributed by atoms with E-state index in [4.69, 9.17) is 0 Å². The Labute approximate surface area is 137 Å². The molecule has 1 aromatic heterocycles. The van der Waals surface area contributed by atoms with Crippen LogP contribution in [0.5, 0.6) is 0 Å². The summed E-state index contributed by atoms with van der Waals surface area (Å²) in [6.45, 7) is 5.77. The average Bonchev–Trinajstić information content (AvgIpc) is 2.56. The molecule has 1 aliphatic heterocycles. The van der Waals surface area contributed by atoms with E-state index in [0.717, 1.165) is 18.3 Å². The predicted molar refractivity (Wildman–Crippen MR) is 80.8 cm³/mol. The van der Waals surface area contributed by atoms with E-state index < -0.39 is 11.7 Å². The number of fused-ring (bicyclic) bond motifs is 1. The van der Waals surface area contributed by atoms with Gasteiger partial charge in [0.2, 0.25) is 11.8 Å². The number of amides is 2. The van der Waals surface area contributed by atoms with Gasteiger partial charge in [-0.1, -0.05) is 6.58 Å². The third-order valence-electron chi connectivity index (χ3n) is 3.91. The highest BCUT2D eigenvalue weighted by molar-refractivity contribution is 5.90. The number of rotatable bonds is 4. The number of carbonyl (C=O) groups excluding carboxylic acids is 2. The van der Waals surface area contributed by atoms with Gasteiger partial charge in [-0.25, -0.2) is 0 Å². The van der Waals surface area contributed by atoms with Gasteiger partial charge in [0.15, 0.2) is 0 Å². The molecule has 2 heterocycles. The maximum atomic E-state index is 12.8. The third-order valence-corrected chi connectivity index (χ3v) is 3.91. The number of hydrogen-bond acceptors (Lipinski definition) is 3. The van der Waals surface area contributed by atoms with Crippen molar-refractivity contribution in [1.29, 1.82) is 0 Å². The number of likely N-dealkylation sites (N-methyl/N-ethyl adjacent to an activating group) is 1. The number of aromatic nitrogens is 1. The molecule has 0 unspecified atom stereocenters. The lowest BCUT2D eigenvalue weighted by atomic mass is 10.0. The van der Waals surface area contributed by atoms with E-state index >= 15 is 0 Å². The fourth-order valence-corrected chi connectivity index (χ4v) is 2.53. The van der Waals surface area contributed by atoms with Crippen molar-refractivity contribution in [2.45, 2.75) is 26.1 Å². The van der Waals surface area contributed by atoms with Crippen LogP contribution in [0.4, 0.5) is 13.2 Å². The zero-order valence-electron chi connectivity index (χ0n) is 13.3. The van der Waals surface area contributed by atoms with Crippen LogP contribution < -0.4 is 0 Å². The molecule has 8 heteroatoms. The second kappa shape index (κ2) is 7.02. The first kappa shape index (κ1) is 18.0. The van der Waals surface area contributed by atoms with Gasteiger partial charge in [0.25, 0.3) is 0 Å². The van der Waals surface area contributed by atoms with Gasteiger partial charge < -0.3 is 9.80 Å². The van der Waals surface area contributed by atoms with E-state index in [9.17, 15) is 22.8 Å². The van der Waals surface area contributed by atoms with Crippen molar-refractivity contribution in [3.05, 3.63) is 41.7 Å². The summed E-state index contributed by atoms with van der Waals surface area (Å²) in [5.74, 6) is -0.667. The maximum Gasteiger partial charge on any atom is 0.417 e. The topological polar surface area (TPSA) is 53.5 Å². The second-order valence-electron chi connectivity index (χ2n) is 5.45. The summed E-state index contributed by atoms with van der Waals surface area (Å²) >= 11 is 0. The fraction of sp³-hybridized carbons (Fsp3) is 0.438. The van der Waals surface area contributed by atoms with Gasteiger partial charge in [0.1, 0.15) is 6.54 Å². The molecule has 0 aromatic carbocycles. The van der Waals surface area contributed by atoms with Gasteiger partial charge in [-0.15, -0.1) is 0 Å². The molecule has 1 aromatic rings. The zero-order valence-corrected chi connectivity index (χ0v) is 13.3. The molecule has 0 spiro atoms. The number of pyridine rings is 1. The second-order valence-corrected chi connectivity index (χ2v) is 5.45. The zero-order chi connectivity index (χ0) is 17.9. The largest absolute Gasteiger partial charge is 0.417 e. The quantitative estimate of drug-likeness (QED) is 0.788. The molecule has 5 nitrogen and oxygen atoms in total. The maximum absolute atomic E-state index is 12.8. The average molecular weight is 341 g/mol. The Morgan fingerprint density at radius 3 is 2.75 bits per heavy atom. The van der Waals surface area contributed by atoms with Gasteiger partial charge in [-0.3, -0.25) is 14.6 Å². The molecule has 2 rings (SSSR count). The molecule has 0 bridgehead atoms. The lowest BCUT2D eigenvalue weighted by molar-refractivity contribution is -0.139. The molecule has 1 aliphatic rings. The van der Waals surface area contributed by atoms with Crippen molar-refractivity contribution in [2.75, 3.05) is 19.6 Å². The first-order valence-electron chi connectivity index (χ1n) is 7.50. The summed E-state index contributed by atoms with van der Waals surface area (Å²) in [5, 5.41) is 0. The minimum atomic E-state index is -4.47. The molecule has 0 fully saturated rings. The van der Waals surface area contributed by atoms with Crippen molar-refractivity contribution in [3.63, 3.8) is 0 Å². The van der Waals surface area contributed by atoms with Crippen LogP contribution in [0, 0.1) is 0 Å². The summed E-state index contributed by atoms with van der Waals surface area (Å²) in [5.41, 5.74) is 0.136. The normalized spacial score (nSPS) is 14.1. The summed E-state index contributed by atoms with van der Waals surface area (Å²) in [6.07, 6.45) is -2.13. The standard InChI is InChI=1S/C16H18F3N3O2/c1-3-14(23)21(4-2)10-15(24)22-6-5-13-11(9-22)7-12(8-20-13)16(17,18)19/h3,7-8H,1,4-6,9-10H2,2H3. The van der Waals surface area contributed by atoms with Crippen LogP contribution in [0.2, 0.25) is 0 Å². The summed E-state index contributed by atoms with van der Waals surface area (Å²) in [7, 11) is 0. The molecule has 130 valence electrons. The lowest BCUT2D eigenvalue weighted by Gasteiger charge is -2.30. The summed E-state index contributed by atoms with van der Waals surface area (Å²) in [6, 6.07) is 1.04. The van der Waals surface area contributed by atoms with E-state index in [1.807, 2.05) is 0 Å². The van der Waals surface area contributed by atoms with Crippen molar-refractivity contribution < 1.29 is 22.8 Å². The highest BCUT2D eigenvalue weighted by Gasteiger charge is 2.33. The molecule has 0 saturated carbocycles. The smallest absolute Gasteiger partial charge is 0.336 e.